The molecule has 0 saturated carbocycles. The van der Waals surface area contributed by atoms with Crippen molar-refractivity contribution in [2.24, 2.45) is 0 Å². The molecule has 2 aromatic heterocycles. The lowest BCUT2D eigenvalue weighted by Gasteiger charge is -2.32. The Morgan fingerprint density at radius 3 is 2.56 bits per heavy atom. The zero-order chi connectivity index (χ0) is 31.5. The number of hydrogen-bond donors (Lipinski definition) is 2. The molecule has 1 aliphatic heterocycles. The lowest BCUT2D eigenvalue weighted by Crippen LogP contribution is -2.38. The van der Waals surface area contributed by atoms with Crippen molar-refractivity contribution in [3.8, 4) is 17.1 Å². The fourth-order valence-electron chi connectivity index (χ4n) is 6.59. The van der Waals surface area contributed by atoms with Crippen molar-refractivity contribution in [2.45, 2.75) is 51.5 Å². The van der Waals surface area contributed by atoms with Gasteiger partial charge in [0.2, 0.25) is 0 Å². The number of likely N-dealkylation sites (tertiary alicyclic amines) is 1. The van der Waals surface area contributed by atoms with Crippen molar-refractivity contribution < 1.29 is 24.2 Å². The van der Waals surface area contributed by atoms with Crippen molar-refractivity contribution in [3.05, 3.63) is 94.3 Å². The van der Waals surface area contributed by atoms with Gasteiger partial charge in [0.15, 0.2) is 5.82 Å². The quantitative estimate of drug-likeness (QED) is 0.212. The second-order valence-electron chi connectivity index (χ2n) is 11.8. The van der Waals surface area contributed by atoms with E-state index in [0.717, 1.165) is 42.6 Å². The summed E-state index contributed by atoms with van der Waals surface area (Å²) in [6.45, 7) is 5.95. The molecule has 0 radical (unpaired) electrons. The first-order chi connectivity index (χ1) is 21.8. The van der Waals surface area contributed by atoms with Crippen molar-refractivity contribution >= 4 is 17.7 Å². The first kappa shape index (κ1) is 30.3. The lowest BCUT2D eigenvalue weighted by molar-refractivity contribution is 0.0658. The van der Waals surface area contributed by atoms with Crippen molar-refractivity contribution in [1.29, 1.82) is 0 Å². The van der Waals surface area contributed by atoms with Gasteiger partial charge in [-0.25, -0.2) is 19.3 Å². The number of carboxylic acid groups (broad SMARTS) is 1. The number of aromatic carboxylic acids is 1. The molecule has 45 heavy (non-hydrogen) atoms. The van der Waals surface area contributed by atoms with Crippen LogP contribution in [0.2, 0.25) is 0 Å². The first-order valence-electron chi connectivity index (χ1n) is 15.5. The molecule has 10 heteroatoms. The van der Waals surface area contributed by atoms with Crippen molar-refractivity contribution in [2.75, 3.05) is 38.7 Å². The molecule has 1 aliphatic carbocycles. The zero-order valence-electron chi connectivity index (χ0n) is 26.0. The maximum Gasteiger partial charge on any atom is 0.409 e. The third-order valence-electron chi connectivity index (χ3n) is 9.03. The standard InChI is InChI=1S/C35H39N5O5/c1-22-20-26(24-14-16-39(17-15-24)35(43)45-19-18-44-3)11-12-29(22)37-31-13-10-25-6-4-7-27(33(25)31)30-8-5-9-32(38-30)40-23(2)28(21-36-40)34(41)42/h4-9,11-12,20-21,24,31,37H,10,13-19H2,1-3H3,(H,41,42). The van der Waals surface area contributed by atoms with E-state index in [0.29, 0.717) is 37.1 Å². The van der Waals surface area contributed by atoms with Gasteiger partial charge < -0.3 is 24.8 Å². The van der Waals surface area contributed by atoms with Gasteiger partial charge in [0.05, 0.1) is 30.2 Å². The van der Waals surface area contributed by atoms with Crippen LogP contribution in [0.25, 0.3) is 17.1 Å². The molecule has 1 amide bonds. The fourth-order valence-corrected chi connectivity index (χ4v) is 6.59. The van der Waals surface area contributed by atoms with Gasteiger partial charge in [-0.05, 0) is 85.9 Å². The van der Waals surface area contributed by atoms with Gasteiger partial charge in [0, 0.05) is 31.5 Å². The molecule has 1 saturated heterocycles. The second-order valence-corrected chi connectivity index (χ2v) is 11.8. The van der Waals surface area contributed by atoms with E-state index < -0.39 is 5.97 Å². The van der Waals surface area contributed by atoms with Crippen LogP contribution in [0, 0.1) is 13.8 Å². The fraction of sp³-hybridized carbons (Fsp3) is 0.371. The summed E-state index contributed by atoms with van der Waals surface area (Å²) >= 11 is 0. The van der Waals surface area contributed by atoms with E-state index in [4.69, 9.17) is 14.5 Å². The number of hydrogen-bond acceptors (Lipinski definition) is 7. The Hall–Kier alpha value is -4.70. The molecule has 0 spiro atoms. The smallest absolute Gasteiger partial charge is 0.409 e. The van der Waals surface area contributed by atoms with Crippen LogP contribution in [0.3, 0.4) is 0 Å². The summed E-state index contributed by atoms with van der Waals surface area (Å²) in [5.41, 5.74) is 8.76. The third-order valence-corrected chi connectivity index (χ3v) is 9.03. The van der Waals surface area contributed by atoms with Gasteiger partial charge in [0.25, 0.3) is 0 Å². The first-order valence-corrected chi connectivity index (χ1v) is 15.5. The second kappa shape index (κ2) is 13.1. The number of anilines is 1. The van der Waals surface area contributed by atoms with E-state index in [1.165, 1.54) is 28.5 Å². The Kier molecular flexibility index (Phi) is 8.84. The van der Waals surface area contributed by atoms with Crippen molar-refractivity contribution in [3.63, 3.8) is 0 Å². The average Bonchev–Trinajstić information content (AvgIpc) is 3.65. The molecule has 2 N–H and O–H groups in total. The molecular weight excluding hydrogens is 570 g/mol. The number of carbonyl (C=O) groups is 2. The van der Waals surface area contributed by atoms with E-state index in [9.17, 15) is 14.7 Å². The van der Waals surface area contributed by atoms with Gasteiger partial charge in [-0.3, -0.25) is 0 Å². The molecule has 3 heterocycles. The molecule has 2 aliphatic rings. The Labute approximate surface area is 263 Å². The summed E-state index contributed by atoms with van der Waals surface area (Å²) in [4.78, 5) is 30.6. The Balaban J connectivity index is 1.17. The van der Waals surface area contributed by atoms with Crippen LogP contribution < -0.4 is 5.32 Å². The Morgan fingerprint density at radius 2 is 1.82 bits per heavy atom. The summed E-state index contributed by atoms with van der Waals surface area (Å²) in [7, 11) is 1.59. The van der Waals surface area contributed by atoms with Crippen molar-refractivity contribution in [1.82, 2.24) is 19.7 Å². The minimum Gasteiger partial charge on any atom is -0.478 e. The lowest BCUT2D eigenvalue weighted by atomic mass is 9.88. The number of carbonyl (C=O) groups excluding carboxylic acids is 1. The maximum absolute atomic E-state index is 12.3. The minimum atomic E-state index is -1.01. The monoisotopic (exact) mass is 609 g/mol. The number of aryl methyl sites for hydroxylation is 2. The highest BCUT2D eigenvalue weighted by atomic mass is 16.6. The Morgan fingerprint density at radius 1 is 1.02 bits per heavy atom. The molecule has 1 fully saturated rings. The highest BCUT2D eigenvalue weighted by Gasteiger charge is 2.28. The van der Waals surface area contributed by atoms with Crippen LogP contribution in [0.5, 0.6) is 0 Å². The molecule has 10 nitrogen and oxygen atoms in total. The number of piperidine rings is 1. The number of benzene rings is 2. The Bertz CT molecular complexity index is 1710. The molecule has 1 atom stereocenters. The van der Waals surface area contributed by atoms with Crippen LogP contribution in [0.15, 0.2) is 60.8 Å². The average molecular weight is 610 g/mol. The van der Waals surface area contributed by atoms with E-state index in [2.05, 4.69) is 53.7 Å². The molecule has 2 aromatic carbocycles. The summed E-state index contributed by atoms with van der Waals surface area (Å²) in [5.74, 6) is -0.0183. The summed E-state index contributed by atoms with van der Waals surface area (Å²) < 4.78 is 11.8. The van der Waals surface area contributed by atoms with Gasteiger partial charge in [-0.15, -0.1) is 0 Å². The van der Waals surface area contributed by atoms with Gasteiger partial charge in [0.1, 0.15) is 12.2 Å². The summed E-state index contributed by atoms with van der Waals surface area (Å²) in [6.07, 6.45) is 4.88. The topological polar surface area (TPSA) is 119 Å². The number of methoxy groups -OCH3 is 1. The van der Waals surface area contributed by atoms with Crippen LogP contribution in [-0.4, -0.2) is 70.2 Å². The van der Waals surface area contributed by atoms with E-state index in [1.807, 2.05) is 18.2 Å². The van der Waals surface area contributed by atoms with Gasteiger partial charge in [-0.2, -0.15) is 5.10 Å². The molecule has 6 rings (SSSR count). The molecular formula is C35H39N5O5. The number of carboxylic acids is 1. The molecule has 234 valence electrons. The predicted octanol–water partition coefficient (Wildman–Crippen LogP) is 6.31. The van der Waals surface area contributed by atoms with Crippen LogP contribution in [0.1, 0.15) is 69.5 Å². The number of fused-ring (bicyclic) bond motifs is 1. The van der Waals surface area contributed by atoms with Gasteiger partial charge >= 0.3 is 12.1 Å². The normalized spacial score (nSPS) is 16.4. The van der Waals surface area contributed by atoms with E-state index >= 15 is 0 Å². The molecule has 0 bridgehead atoms. The number of aromatic nitrogens is 3. The van der Waals surface area contributed by atoms with Crippen LogP contribution in [-0.2, 0) is 15.9 Å². The predicted molar refractivity (Wildman–Crippen MR) is 171 cm³/mol. The number of nitrogens with one attached hydrogen (secondary N) is 1. The maximum atomic E-state index is 12.3. The zero-order valence-corrected chi connectivity index (χ0v) is 26.0. The third kappa shape index (κ3) is 6.28. The molecule has 4 aromatic rings. The minimum absolute atomic E-state index is 0.128. The number of nitrogens with zero attached hydrogens (tertiary/aromatic N) is 4. The van der Waals surface area contributed by atoms with E-state index in [1.54, 1.807) is 23.6 Å². The van der Waals surface area contributed by atoms with Gasteiger partial charge in [-0.1, -0.05) is 36.4 Å². The SMILES string of the molecule is COCCOC(=O)N1CCC(c2ccc(NC3CCc4cccc(-c5cccc(-n6ncc(C(=O)O)c6C)n5)c43)c(C)c2)CC1. The number of ether oxygens (including phenoxy) is 2. The molecule has 1 unspecified atom stereocenters. The van der Waals surface area contributed by atoms with E-state index in [-0.39, 0.29) is 24.3 Å². The highest BCUT2D eigenvalue weighted by Crippen LogP contribution is 2.41. The number of rotatable bonds is 9. The van der Waals surface area contributed by atoms with Crippen LogP contribution >= 0.6 is 0 Å². The van der Waals surface area contributed by atoms with Crippen LogP contribution in [0.4, 0.5) is 10.5 Å². The summed E-state index contributed by atoms with van der Waals surface area (Å²) in [6, 6.07) is 19.0. The number of pyridine rings is 1. The number of amides is 1. The summed E-state index contributed by atoms with van der Waals surface area (Å²) in [5, 5.41) is 17.6. The largest absolute Gasteiger partial charge is 0.478 e. The highest BCUT2D eigenvalue weighted by molar-refractivity contribution is 5.88.